The molecule has 0 saturated carbocycles. The fraction of sp³-hybridized carbons (Fsp3) is 0.933. The SMILES string of the molecule is CCCC(CCC)(CC(=O)OCC)N1CCOCC1. The van der Waals surface area contributed by atoms with Gasteiger partial charge in [0.05, 0.1) is 26.2 Å². The summed E-state index contributed by atoms with van der Waals surface area (Å²) < 4.78 is 10.6. The second-order valence-electron chi connectivity index (χ2n) is 5.31. The Morgan fingerprint density at radius 1 is 1.16 bits per heavy atom. The molecule has 0 aromatic rings. The third-order valence-electron chi connectivity index (χ3n) is 3.89. The predicted molar refractivity (Wildman–Crippen MR) is 76.2 cm³/mol. The first-order valence-electron chi connectivity index (χ1n) is 7.67. The van der Waals surface area contributed by atoms with Crippen LogP contribution in [0.4, 0.5) is 0 Å². The van der Waals surface area contributed by atoms with Gasteiger partial charge in [-0.1, -0.05) is 26.7 Å². The normalized spacial score (nSPS) is 17.4. The number of carbonyl (C=O) groups excluding carboxylic acids is 1. The van der Waals surface area contributed by atoms with Crippen molar-refractivity contribution in [1.29, 1.82) is 0 Å². The van der Waals surface area contributed by atoms with Gasteiger partial charge >= 0.3 is 5.97 Å². The van der Waals surface area contributed by atoms with Gasteiger partial charge in [-0.2, -0.15) is 0 Å². The van der Waals surface area contributed by atoms with Crippen LogP contribution in [-0.2, 0) is 14.3 Å². The maximum absolute atomic E-state index is 12.0. The smallest absolute Gasteiger partial charge is 0.307 e. The monoisotopic (exact) mass is 271 g/mol. The number of hydrogen-bond donors (Lipinski definition) is 0. The molecule has 4 heteroatoms. The van der Waals surface area contributed by atoms with Crippen LogP contribution in [0.3, 0.4) is 0 Å². The molecule has 1 saturated heterocycles. The van der Waals surface area contributed by atoms with E-state index in [1.807, 2.05) is 6.92 Å². The van der Waals surface area contributed by atoms with Crippen molar-refractivity contribution in [2.45, 2.75) is 58.4 Å². The summed E-state index contributed by atoms with van der Waals surface area (Å²) in [5.74, 6) is -0.0594. The Morgan fingerprint density at radius 2 is 1.74 bits per heavy atom. The lowest BCUT2D eigenvalue weighted by Crippen LogP contribution is -2.54. The summed E-state index contributed by atoms with van der Waals surface area (Å²) in [6.07, 6.45) is 4.81. The summed E-state index contributed by atoms with van der Waals surface area (Å²) >= 11 is 0. The van der Waals surface area contributed by atoms with Crippen LogP contribution in [0.25, 0.3) is 0 Å². The van der Waals surface area contributed by atoms with Gasteiger partial charge in [-0.3, -0.25) is 9.69 Å². The number of esters is 1. The van der Waals surface area contributed by atoms with Crippen molar-refractivity contribution in [1.82, 2.24) is 4.90 Å². The first-order valence-corrected chi connectivity index (χ1v) is 7.67. The van der Waals surface area contributed by atoms with Crippen LogP contribution in [0.15, 0.2) is 0 Å². The number of carbonyl (C=O) groups is 1. The van der Waals surface area contributed by atoms with E-state index in [4.69, 9.17) is 9.47 Å². The van der Waals surface area contributed by atoms with Crippen molar-refractivity contribution in [2.75, 3.05) is 32.9 Å². The third-order valence-corrected chi connectivity index (χ3v) is 3.89. The molecule has 1 fully saturated rings. The lowest BCUT2D eigenvalue weighted by molar-refractivity contribution is -0.148. The topological polar surface area (TPSA) is 38.8 Å². The molecule has 1 aliphatic heterocycles. The van der Waals surface area contributed by atoms with Crippen LogP contribution in [0.1, 0.15) is 52.9 Å². The summed E-state index contributed by atoms with van der Waals surface area (Å²) in [6, 6.07) is 0. The number of ether oxygens (including phenoxy) is 2. The van der Waals surface area contributed by atoms with E-state index in [9.17, 15) is 4.79 Å². The molecule has 0 bridgehead atoms. The molecule has 19 heavy (non-hydrogen) atoms. The second kappa shape index (κ2) is 8.54. The van der Waals surface area contributed by atoms with E-state index < -0.39 is 0 Å². The molecule has 1 aliphatic rings. The molecule has 1 heterocycles. The first-order chi connectivity index (χ1) is 9.18. The molecule has 0 aromatic heterocycles. The Morgan fingerprint density at radius 3 is 2.21 bits per heavy atom. The highest BCUT2D eigenvalue weighted by Crippen LogP contribution is 2.32. The summed E-state index contributed by atoms with van der Waals surface area (Å²) in [4.78, 5) is 14.4. The van der Waals surface area contributed by atoms with Gasteiger partial charge in [0.1, 0.15) is 0 Å². The summed E-state index contributed by atoms with van der Waals surface area (Å²) in [7, 11) is 0. The molecule has 112 valence electrons. The molecule has 0 aromatic carbocycles. The van der Waals surface area contributed by atoms with Crippen molar-refractivity contribution in [3.8, 4) is 0 Å². The number of morpholine rings is 1. The highest BCUT2D eigenvalue weighted by molar-refractivity contribution is 5.70. The van der Waals surface area contributed by atoms with Crippen molar-refractivity contribution in [2.24, 2.45) is 0 Å². The van der Waals surface area contributed by atoms with Crippen LogP contribution in [0.2, 0.25) is 0 Å². The molecule has 0 spiro atoms. The van der Waals surface area contributed by atoms with Gasteiger partial charge in [0.2, 0.25) is 0 Å². The van der Waals surface area contributed by atoms with Gasteiger partial charge in [-0.25, -0.2) is 0 Å². The molecular weight excluding hydrogens is 242 g/mol. The van der Waals surface area contributed by atoms with Crippen LogP contribution < -0.4 is 0 Å². The zero-order chi connectivity index (χ0) is 14.1. The minimum absolute atomic E-state index is 0.0282. The Kier molecular flexibility index (Phi) is 7.39. The van der Waals surface area contributed by atoms with E-state index in [0.717, 1.165) is 52.0 Å². The van der Waals surface area contributed by atoms with Crippen molar-refractivity contribution >= 4 is 5.97 Å². The largest absolute Gasteiger partial charge is 0.466 e. The van der Waals surface area contributed by atoms with Crippen molar-refractivity contribution < 1.29 is 14.3 Å². The highest BCUT2D eigenvalue weighted by atomic mass is 16.5. The van der Waals surface area contributed by atoms with E-state index in [2.05, 4.69) is 18.7 Å². The van der Waals surface area contributed by atoms with E-state index in [1.54, 1.807) is 0 Å². The zero-order valence-electron chi connectivity index (χ0n) is 12.7. The zero-order valence-corrected chi connectivity index (χ0v) is 12.7. The van der Waals surface area contributed by atoms with Gasteiger partial charge in [-0.05, 0) is 19.8 Å². The molecule has 0 atom stereocenters. The number of nitrogens with zero attached hydrogens (tertiary/aromatic N) is 1. The molecule has 4 nitrogen and oxygen atoms in total. The fourth-order valence-electron chi connectivity index (χ4n) is 3.18. The van der Waals surface area contributed by atoms with Crippen molar-refractivity contribution in [3.63, 3.8) is 0 Å². The van der Waals surface area contributed by atoms with Gasteiger partial charge in [-0.15, -0.1) is 0 Å². The van der Waals surface area contributed by atoms with Crippen LogP contribution >= 0.6 is 0 Å². The molecule has 0 N–H and O–H groups in total. The fourth-order valence-corrected chi connectivity index (χ4v) is 3.18. The Balaban J connectivity index is 2.80. The highest BCUT2D eigenvalue weighted by Gasteiger charge is 2.38. The van der Waals surface area contributed by atoms with E-state index in [-0.39, 0.29) is 11.5 Å². The van der Waals surface area contributed by atoms with Gasteiger partial charge < -0.3 is 9.47 Å². The quantitative estimate of drug-likeness (QED) is 0.636. The van der Waals surface area contributed by atoms with E-state index >= 15 is 0 Å². The standard InChI is InChI=1S/C15H29NO3/c1-4-7-15(8-5-2,13-14(17)19-6-3)16-9-11-18-12-10-16/h4-13H2,1-3H3. The second-order valence-corrected chi connectivity index (χ2v) is 5.31. The predicted octanol–water partition coefficient (Wildman–Crippen LogP) is 2.61. The molecule has 0 aliphatic carbocycles. The molecule has 0 amide bonds. The maximum Gasteiger partial charge on any atom is 0.307 e. The minimum atomic E-state index is -0.0594. The van der Waals surface area contributed by atoms with Crippen molar-refractivity contribution in [3.05, 3.63) is 0 Å². The van der Waals surface area contributed by atoms with E-state index in [1.165, 1.54) is 0 Å². The third kappa shape index (κ3) is 4.77. The summed E-state index contributed by atoms with van der Waals surface area (Å²) in [5.41, 5.74) is -0.0282. The minimum Gasteiger partial charge on any atom is -0.466 e. The number of hydrogen-bond acceptors (Lipinski definition) is 4. The first kappa shape index (κ1) is 16.4. The molecular formula is C15H29NO3. The Labute approximate surface area is 117 Å². The lowest BCUT2D eigenvalue weighted by atomic mass is 9.83. The molecule has 0 radical (unpaired) electrons. The Bertz CT molecular complexity index is 256. The van der Waals surface area contributed by atoms with Crippen LogP contribution in [-0.4, -0.2) is 49.3 Å². The molecule has 1 rings (SSSR count). The van der Waals surface area contributed by atoms with Crippen LogP contribution in [0.5, 0.6) is 0 Å². The Hall–Kier alpha value is -0.610. The van der Waals surface area contributed by atoms with E-state index in [0.29, 0.717) is 13.0 Å². The maximum atomic E-state index is 12.0. The molecule has 0 unspecified atom stereocenters. The average Bonchev–Trinajstić information content (AvgIpc) is 2.40. The lowest BCUT2D eigenvalue weighted by Gasteiger charge is -2.45. The van der Waals surface area contributed by atoms with Crippen LogP contribution in [0, 0.1) is 0 Å². The van der Waals surface area contributed by atoms with Gasteiger partial charge in [0.25, 0.3) is 0 Å². The number of rotatable bonds is 8. The summed E-state index contributed by atoms with van der Waals surface area (Å²) in [6.45, 7) is 10.1. The van der Waals surface area contributed by atoms with Gasteiger partial charge in [0, 0.05) is 18.6 Å². The van der Waals surface area contributed by atoms with Gasteiger partial charge in [0.15, 0.2) is 0 Å². The summed E-state index contributed by atoms with van der Waals surface area (Å²) in [5, 5.41) is 0. The average molecular weight is 271 g/mol.